The number of nitrogens with one attached hydrogen (secondary N) is 1. The second kappa shape index (κ2) is 6.78. The zero-order valence-electron chi connectivity index (χ0n) is 11.4. The van der Waals surface area contributed by atoms with Gasteiger partial charge in [0.1, 0.15) is 5.60 Å². The molecule has 0 fully saturated rings. The molecule has 4 nitrogen and oxygen atoms in total. The first-order valence-corrected chi connectivity index (χ1v) is 6.53. The van der Waals surface area contributed by atoms with Gasteiger partial charge in [0.15, 0.2) is 0 Å². The van der Waals surface area contributed by atoms with Crippen LogP contribution in [0.3, 0.4) is 0 Å². The molecular weight excluding hydrogens is 266 g/mol. The van der Waals surface area contributed by atoms with Crippen LogP contribution in [0.2, 0.25) is 5.02 Å². The zero-order valence-corrected chi connectivity index (χ0v) is 12.2. The van der Waals surface area contributed by atoms with Gasteiger partial charge in [-0.3, -0.25) is 0 Å². The smallest absolute Gasteiger partial charge is 0.407 e. The highest BCUT2D eigenvalue weighted by atomic mass is 35.5. The first-order valence-electron chi connectivity index (χ1n) is 6.15. The number of hydrogen-bond donors (Lipinski definition) is 2. The molecule has 5 heteroatoms. The van der Waals surface area contributed by atoms with E-state index in [9.17, 15) is 9.90 Å². The number of alkyl carbamates (subject to hydrolysis) is 1. The number of carbonyl (C=O) groups is 1. The number of amides is 1. The number of halogens is 1. The van der Waals surface area contributed by atoms with Crippen LogP contribution in [0.1, 0.15) is 32.3 Å². The van der Waals surface area contributed by atoms with Gasteiger partial charge in [-0.15, -0.1) is 0 Å². The third kappa shape index (κ3) is 5.94. The van der Waals surface area contributed by atoms with Gasteiger partial charge in [-0.25, -0.2) is 4.79 Å². The fraction of sp³-hybridized carbons (Fsp3) is 0.500. The number of aliphatic hydroxyl groups excluding tert-OH is 1. The van der Waals surface area contributed by atoms with E-state index in [1.807, 2.05) is 12.1 Å². The molecule has 0 bridgehead atoms. The summed E-state index contributed by atoms with van der Waals surface area (Å²) in [6, 6.07) is 7.22. The minimum absolute atomic E-state index is 0.0733. The average molecular weight is 286 g/mol. The Morgan fingerprint density at radius 2 is 2.16 bits per heavy atom. The van der Waals surface area contributed by atoms with E-state index in [4.69, 9.17) is 16.3 Å². The fourth-order valence-electron chi connectivity index (χ4n) is 1.57. The van der Waals surface area contributed by atoms with Gasteiger partial charge in [-0.05, 0) is 38.5 Å². The molecule has 106 valence electrons. The van der Waals surface area contributed by atoms with Gasteiger partial charge in [0.2, 0.25) is 0 Å². The van der Waals surface area contributed by atoms with E-state index < -0.39 is 11.7 Å². The minimum Gasteiger partial charge on any atom is -0.444 e. The molecule has 0 saturated heterocycles. The first kappa shape index (κ1) is 15.8. The first-order chi connectivity index (χ1) is 8.81. The van der Waals surface area contributed by atoms with Crippen LogP contribution in [0, 0.1) is 0 Å². The largest absolute Gasteiger partial charge is 0.444 e. The topological polar surface area (TPSA) is 58.6 Å². The Kier molecular flexibility index (Phi) is 5.63. The number of rotatable bonds is 4. The SMILES string of the molecule is CC(C)(C)OC(=O)NCC(CO)c1cccc(Cl)c1. The molecule has 0 aliphatic rings. The van der Waals surface area contributed by atoms with E-state index >= 15 is 0 Å². The molecule has 2 N–H and O–H groups in total. The Bertz CT molecular complexity index is 429. The highest BCUT2D eigenvalue weighted by Gasteiger charge is 2.18. The lowest BCUT2D eigenvalue weighted by Crippen LogP contribution is -2.35. The van der Waals surface area contributed by atoms with Crippen molar-refractivity contribution in [3.63, 3.8) is 0 Å². The highest BCUT2D eigenvalue weighted by Crippen LogP contribution is 2.19. The third-order valence-corrected chi connectivity index (χ3v) is 2.67. The van der Waals surface area contributed by atoms with Crippen LogP contribution >= 0.6 is 11.6 Å². The van der Waals surface area contributed by atoms with Gasteiger partial charge >= 0.3 is 6.09 Å². The predicted octanol–water partition coefficient (Wildman–Crippen LogP) is 2.94. The molecule has 1 aromatic carbocycles. The van der Waals surface area contributed by atoms with Gasteiger partial charge in [0, 0.05) is 17.5 Å². The number of hydrogen-bond acceptors (Lipinski definition) is 3. The summed E-state index contributed by atoms with van der Waals surface area (Å²) in [7, 11) is 0. The molecule has 1 rings (SSSR count). The molecule has 1 aromatic rings. The van der Waals surface area contributed by atoms with E-state index in [-0.39, 0.29) is 12.5 Å². The monoisotopic (exact) mass is 285 g/mol. The lowest BCUT2D eigenvalue weighted by atomic mass is 10.0. The molecule has 0 aromatic heterocycles. The Labute approximate surface area is 118 Å². The quantitative estimate of drug-likeness (QED) is 0.894. The van der Waals surface area contributed by atoms with Crippen molar-refractivity contribution in [1.29, 1.82) is 0 Å². The predicted molar refractivity (Wildman–Crippen MR) is 75.5 cm³/mol. The van der Waals surface area contributed by atoms with Gasteiger partial charge in [0.25, 0.3) is 0 Å². The molecule has 0 heterocycles. The van der Waals surface area contributed by atoms with E-state index in [0.717, 1.165) is 5.56 Å². The molecular formula is C14H20ClNO3. The molecule has 0 aliphatic carbocycles. The van der Waals surface area contributed by atoms with Crippen molar-refractivity contribution in [2.24, 2.45) is 0 Å². The summed E-state index contributed by atoms with van der Waals surface area (Å²) in [5.74, 6) is -0.203. The van der Waals surface area contributed by atoms with Gasteiger partial charge in [0.05, 0.1) is 6.61 Å². The summed E-state index contributed by atoms with van der Waals surface area (Å²) in [6.07, 6.45) is -0.493. The minimum atomic E-state index is -0.533. The summed E-state index contributed by atoms with van der Waals surface area (Å²) >= 11 is 5.90. The fourth-order valence-corrected chi connectivity index (χ4v) is 1.77. The van der Waals surface area contributed by atoms with Crippen LogP contribution in [-0.4, -0.2) is 30.0 Å². The Morgan fingerprint density at radius 3 is 2.68 bits per heavy atom. The molecule has 0 spiro atoms. The van der Waals surface area contributed by atoms with Crippen LogP contribution in [0.15, 0.2) is 24.3 Å². The maximum Gasteiger partial charge on any atom is 0.407 e. The molecule has 0 aliphatic heterocycles. The molecule has 1 atom stereocenters. The maximum absolute atomic E-state index is 11.5. The number of benzene rings is 1. The summed E-state index contributed by atoms with van der Waals surface area (Å²) in [6.45, 7) is 5.62. The van der Waals surface area contributed by atoms with Crippen LogP contribution in [0.25, 0.3) is 0 Å². The lowest BCUT2D eigenvalue weighted by molar-refractivity contribution is 0.0521. The molecule has 19 heavy (non-hydrogen) atoms. The average Bonchev–Trinajstić information content (AvgIpc) is 2.27. The van der Waals surface area contributed by atoms with Gasteiger partial charge < -0.3 is 15.2 Å². The van der Waals surface area contributed by atoms with E-state index in [2.05, 4.69) is 5.32 Å². The standard InChI is InChI=1S/C14H20ClNO3/c1-14(2,3)19-13(18)16-8-11(9-17)10-5-4-6-12(15)7-10/h4-7,11,17H,8-9H2,1-3H3,(H,16,18). The van der Waals surface area contributed by atoms with Gasteiger partial charge in [-0.1, -0.05) is 23.7 Å². The molecule has 0 saturated carbocycles. The molecule has 0 radical (unpaired) electrons. The number of ether oxygens (including phenoxy) is 1. The van der Waals surface area contributed by atoms with Crippen molar-refractivity contribution < 1.29 is 14.6 Å². The maximum atomic E-state index is 11.5. The van der Waals surface area contributed by atoms with Crippen molar-refractivity contribution in [2.75, 3.05) is 13.2 Å². The van der Waals surface area contributed by atoms with Crippen LogP contribution in [-0.2, 0) is 4.74 Å². The van der Waals surface area contributed by atoms with Crippen molar-refractivity contribution >= 4 is 17.7 Å². The van der Waals surface area contributed by atoms with Crippen molar-refractivity contribution in [3.05, 3.63) is 34.9 Å². The second-order valence-corrected chi connectivity index (χ2v) is 5.75. The van der Waals surface area contributed by atoms with Crippen molar-refractivity contribution in [1.82, 2.24) is 5.32 Å². The Hall–Kier alpha value is -1.26. The van der Waals surface area contributed by atoms with E-state index in [0.29, 0.717) is 11.6 Å². The zero-order chi connectivity index (χ0) is 14.5. The normalized spacial score (nSPS) is 12.9. The molecule has 1 unspecified atom stereocenters. The van der Waals surface area contributed by atoms with Gasteiger partial charge in [-0.2, -0.15) is 0 Å². The summed E-state index contributed by atoms with van der Waals surface area (Å²) in [4.78, 5) is 11.5. The summed E-state index contributed by atoms with van der Waals surface area (Å²) < 4.78 is 5.13. The Balaban J connectivity index is 2.56. The highest BCUT2D eigenvalue weighted by molar-refractivity contribution is 6.30. The molecule has 1 amide bonds. The third-order valence-electron chi connectivity index (χ3n) is 2.43. The van der Waals surface area contributed by atoms with Crippen LogP contribution < -0.4 is 5.32 Å². The van der Waals surface area contributed by atoms with Crippen LogP contribution in [0.5, 0.6) is 0 Å². The lowest BCUT2D eigenvalue weighted by Gasteiger charge is -2.21. The summed E-state index contributed by atoms with van der Waals surface area (Å²) in [5.41, 5.74) is 0.348. The van der Waals surface area contributed by atoms with Crippen molar-refractivity contribution in [2.45, 2.75) is 32.3 Å². The number of carbonyl (C=O) groups excluding carboxylic acids is 1. The van der Waals surface area contributed by atoms with E-state index in [1.165, 1.54) is 0 Å². The van der Waals surface area contributed by atoms with E-state index in [1.54, 1.807) is 32.9 Å². The van der Waals surface area contributed by atoms with Crippen LogP contribution in [0.4, 0.5) is 4.79 Å². The van der Waals surface area contributed by atoms with Crippen molar-refractivity contribution in [3.8, 4) is 0 Å². The summed E-state index contributed by atoms with van der Waals surface area (Å²) in [5, 5.41) is 12.6. The second-order valence-electron chi connectivity index (χ2n) is 5.32. The Morgan fingerprint density at radius 1 is 1.47 bits per heavy atom. The number of aliphatic hydroxyl groups is 1.